The van der Waals surface area contributed by atoms with Crippen molar-refractivity contribution < 1.29 is 27.8 Å². The summed E-state index contributed by atoms with van der Waals surface area (Å²) in [5.41, 5.74) is 0.532. The fraction of sp³-hybridized carbons (Fsp3) is 0.350. The molecule has 7 heteroatoms. The number of amides is 1. The first kappa shape index (κ1) is 19.1. The summed E-state index contributed by atoms with van der Waals surface area (Å²) in [5.74, 6) is -0.173. The number of rotatable bonds is 6. The van der Waals surface area contributed by atoms with Crippen LogP contribution in [-0.4, -0.2) is 32.8 Å². The predicted octanol–water partition coefficient (Wildman–Crippen LogP) is 3.98. The Labute approximate surface area is 156 Å². The normalized spacial score (nSPS) is 16.0. The van der Waals surface area contributed by atoms with Gasteiger partial charge in [-0.25, -0.2) is 0 Å². The molecule has 1 amide bonds. The molecule has 144 valence electrons. The highest BCUT2D eigenvalue weighted by Crippen LogP contribution is 2.37. The number of halogens is 2. The maximum absolute atomic E-state index is 13.2. The first-order valence-electron chi connectivity index (χ1n) is 8.63. The summed E-state index contributed by atoms with van der Waals surface area (Å²) in [6.45, 7) is -2.04. The summed E-state index contributed by atoms with van der Waals surface area (Å²) >= 11 is 0. The molecular weight excluding hydrogens is 356 g/mol. The number of anilines is 1. The third-order valence-electron chi connectivity index (χ3n) is 4.74. The van der Waals surface area contributed by atoms with Gasteiger partial charge in [-0.3, -0.25) is 4.79 Å². The molecule has 0 aliphatic carbocycles. The van der Waals surface area contributed by atoms with Gasteiger partial charge < -0.3 is 19.5 Å². The Morgan fingerprint density at radius 2 is 1.81 bits per heavy atom. The van der Waals surface area contributed by atoms with Crippen LogP contribution in [0.1, 0.15) is 18.4 Å². The molecule has 0 spiro atoms. The molecule has 2 aromatic carbocycles. The van der Waals surface area contributed by atoms with Crippen molar-refractivity contribution in [3.63, 3.8) is 0 Å². The van der Waals surface area contributed by atoms with E-state index in [1.54, 1.807) is 6.07 Å². The SMILES string of the molecule is COc1ccc(NC(=O)C2(c3ccccc3)CCOCC2)cc1OC(F)F. The Hall–Kier alpha value is -2.67. The van der Waals surface area contributed by atoms with Gasteiger partial charge in [0.15, 0.2) is 11.5 Å². The van der Waals surface area contributed by atoms with Gasteiger partial charge in [0.1, 0.15) is 0 Å². The largest absolute Gasteiger partial charge is 0.493 e. The standard InChI is InChI=1S/C20H21F2NO4/c1-25-16-8-7-15(13-17(16)27-19(21)22)23-18(24)20(9-11-26-12-10-20)14-5-3-2-4-6-14/h2-8,13,19H,9-12H2,1H3,(H,23,24). The van der Waals surface area contributed by atoms with Gasteiger partial charge >= 0.3 is 6.61 Å². The van der Waals surface area contributed by atoms with E-state index in [4.69, 9.17) is 9.47 Å². The molecule has 3 rings (SSSR count). The number of ether oxygens (including phenoxy) is 3. The molecule has 1 fully saturated rings. The second kappa shape index (κ2) is 8.35. The Morgan fingerprint density at radius 1 is 1.11 bits per heavy atom. The predicted molar refractivity (Wildman–Crippen MR) is 96.4 cm³/mol. The lowest BCUT2D eigenvalue weighted by Gasteiger charge is -2.36. The van der Waals surface area contributed by atoms with Crippen molar-refractivity contribution >= 4 is 11.6 Å². The number of hydrogen-bond acceptors (Lipinski definition) is 4. The number of benzene rings is 2. The third kappa shape index (κ3) is 4.19. The van der Waals surface area contributed by atoms with Crippen molar-refractivity contribution in [2.24, 2.45) is 0 Å². The Morgan fingerprint density at radius 3 is 2.44 bits per heavy atom. The lowest BCUT2D eigenvalue weighted by Crippen LogP contribution is -2.44. The fourth-order valence-electron chi connectivity index (χ4n) is 3.32. The number of carbonyl (C=O) groups is 1. The number of nitrogens with one attached hydrogen (secondary N) is 1. The van der Waals surface area contributed by atoms with Crippen LogP contribution in [0.2, 0.25) is 0 Å². The maximum atomic E-state index is 13.2. The monoisotopic (exact) mass is 377 g/mol. The van der Waals surface area contributed by atoms with Gasteiger partial charge in [-0.1, -0.05) is 30.3 Å². The lowest BCUT2D eigenvalue weighted by molar-refractivity contribution is -0.125. The van der Waals surface area contributed by atoms with Gasteiger partial charge in [-0.15, -0.1) is 0 Å². The molecule has 0 aromatic heterocycles. The third-order valence-corrected chi connectivity index (χ3v) is 4.74. The minimum atomic E-state index is -2.99. The van der Waals surface area contributed by atoms with Gasteiger partial charge in [0.25, 0.3) is 0 Å². The van der Waals surface area contributed by atoms with Crippen LogP contribution in [0.5, 0.6) is 11.5 Å². The van der Waals surface area contributed by atoms with Crippen LogP contribution in [0, 0.1) is 0 Å². The summed E-state index contributed by atoms with van der Waals surface area (Å²) < 4.78 is 40.2. The van der Waals surface area contributed by atoms with E-state index in [-0.39, 0.29) is 17.4 Å². The summed E-state index contributed by atoms with van der Waals surface area (Å²) in [5, 5.41) is 2.84. The van der Waals surface area contributed by atoms with Gasteiger partial charge in [-0.05, 0) is 30.5 Å². The van der Waals surface area contributed by atoms with E-state index in [1.165, 1.54) is 19.2 Å². The van der Waals surface area contributed by atoms with Crippen LogP contribution in [-0.2, 0) is 14.9 Å². The van der Waals surface area contributed by atoms with E-state index in [0.29, 0.717) is 31.7 Å². The molecule has 27 heavy (non-hydrogen) atoms. The molecule has 0 bridgehead atoms. The summed E-state index contributed by atoms with van der Waals surface area (Å²) in [4.78, 5) is 13.2. The molecule has 1 saturated heterocycles. The Bertz CT molecular complexity index is 777. The average molecular weight is 377 g/mol. The van der Waals surface area contributed by atoms with Crippen LogP contribution in [0.4, 0.5) is 14.5 Å². The molecule has 0 unspecified atom stereocenters. The highest BCUT2D eigenvalue weighted by Gasteiger charge is 2.41. The summed E-state index contributed by atoms with van der Waals surface area (Å²) in [6, 6.07) is 13.9. The van der Waals surface area contributed by atoms with Crippen LogP contribution >= 0.6 is 0 Å². The van der Waals surface area contributed by atoms with Gasteiger partial charge in [-0.2, -0.15) is 8.78 Å². The van der Waals surface area contributed by atoms with E-state index >= 15 is 0 Å². The molecule has 0 saturated carbocycles. The quantitative estimate of drug-likeness (QED) is 0.827. The molecular formula is C20H21F2NO4. The van der Waals surface area contributed by atoms with Gasteiger partial charge in [0.05, 0.1) is 12.5 Å². The lowest BCUT2D eigenvalue weighted by atomic mass is 9.73. The highest BCUT2D eigenvalue weighted by molar-refractivity contribution is 5.99. The van der Waals surface area contributed by atoms with Crippen LogP contribution < -0.4 is 14.8 Å². The molecule has 2 aromatic rings. The van der Waals surface area contributed by atoms with Crippen LogP contribution in [0.15, 0.2) is 48.5 Å². The Kier molecular flexibility index (Phi) is 5.91. The number of carbonyl (C=O) groups excluding carboxylic acids is 1. The first-order chi connectivity index (χ1) is 13.0. The zero-order valence-corrected chi connectivity index (χ0v) is 14.9. The molecule has 1 aliphatic rings. The van der Waals surface area contributed by atoms with Gasteiger partial charge in [0, 0.05) is 25.0 Å². The van der Waals surface area contributed by atoms with Crippen molar-refractivity contribution in [3.05, 3.63) is 54.1 Å². The molecule has 1 aliphatic heterocycles. The molecule has 1 N–H and O–H groups in total. The topological polar surface area (TPSA) is 56.8 Å². The maximum Gasteiger partial charge on any atom is 0.387 e. The fourth-order valence-corrected chi connectivity index (χ4v) is 3.32. The van der Waals surface area contributed by atoms with Crippen molar-refractivity contribution in [1.29, 1.82) is 0 Å². The molecule has 5 nitrogen and oxygen atoms in total. The van der Waals surface area contributed by atoms with Crippen LogP contribution in [0.25, 0.3) is 0 Å². The summed E-state index contributed by atoms with van der Waals surface area (Å²) in [6.07, 6.45) is 1.08. The van der Waals surface area contributed by atoms with Crippen molar-refractivity contribution in [2.75, 3.05) is 25.6 Å². The van der Waals surface area contributed by atoms with Crippen LogP contribution in [0.3, 0.4) is 0 Å². The van der Waals surface area contributed by atoms with Gasteiger partial charge in [0.2, 0.25) is 5.91 Å². The van der Waals surface area contributed by atoms with Crippen molar-refractivity contribution in [1.82, 2.24) is 0 Å². The molecule has 0 atom stereocenters. The zero-order valence-electron chi connectivity index (χ0n) is 14.9. The van der Waals surface area contributed by atoms with E-state index in [9.17, 15) is 13.6 Å². The van der Waals surface area contributed by atoms with Crippen molar-refractivity contribution in [3.8, 4) is 11.5 Å². The smallest absolute Gasteiger partial charge is 0.387 e. The number of hydrogen-bond donors (Lipinski definition) is 1. The number of alkyl halides is 2. The molecule has 1 heterocycles. The second-order valence-corrected chi connectivity index (χ2v) is 6.26. The highest BCUT2D eigenvalue weighted by atomic mass is 19.3. The van der Waals surface area contributed by atoms with Crippen molar-refractivity contribution in [2.45, 2.75) is 24.9 Å². The average Bonchev–Trinajstić information content (AvgIpc) is 2.69. The minimum absolute atomic E-state index is 0.133. The first-order valence-corrected chi connectivity index (χ1v) is 8.63. The van der Waals surface area contributed by atoms with E-state index in [0.717, 1.165) is 5.56 Å². The summed E-state index contributed by atoms with van der Waals surface area (Å²) in [7, 11) is 1.36. The molecule has 0 radical (unpaired) electrons. The zero-order chi connectivity index (χ0) is 19.3. The van der Waals surface area contributed by atoms with E-state index < -0.39 is 12.0 Å². The van der Waals surface area contributed by atoms with E-state index in [1.807, 2.05) is 30.3 Å². The van der Waals surface area contributed by atoms with E-state index in [2.05, 4.69) is 10.1 Å². The minimum Gasteiger partial charge on any atom is -0.493 e. The second-order valence-electron chi connectivity index (χ2n) is 6.26. The Balaban J connectivity index is 1.88. The number of methoxy groups -OCH3 is 1.